The van der Waals surface area contributed by atoms with E-state index in [1.807, 2.05) is 5.57 Å². The van der Waals surface area contributed by atoms with Crippen LogP contribution in [0.5, 0.6) is 0 Å². The fraction of sp³-hybridized carbons (Fsp3) is 0.903. The molecule has 4 saturated carbocycles. The Kier molecular flexibility index (Phi) is 4.74. The number of fused-ring (bicyclic) bond motifs is 7. The Bertz CT molecular complexity index is 866. The quantitative estimate of drug-likeness (QED) is 0.346. The van der Waals surface area contributed by atoms with E-state index in [1.165, 1.54) is 44.9 Å². The molecule has 0 aromatic heterocycles. The van der Waals surface area contributed by atoms with Crippen LogP contribution in [0.4, 0.5) is 0 Å². The van der Waals surface area contributed by atoms with Crippen molar-refractivity contribution < 1.29 is 4.79 Å². The van der Waals surface area contributed by atoms with Gasteiger partial charge in [0.15, 0.2) is 0 Å². The fourth-order valence-electron chi connectivity index (χ4n) is 10.8. The van der Waals surface area contributed by atoms with Gasteiger partial charge in [-0.25, -0.2) is 0 Å². The van der Waals surface area contributed by atoms with Crippen LogP contribution in [0, 0.1) is 56.2 Å². The van der Waals surface area contributed by atoms with Crippen LogP contribution >= 0.6 is 0 Å². The summed E-state index contributed by atoms with van der Waals surface area (Å²) < 4.78 is 0. The van der Waals surface area contributed by atoms with Crippen LogP contribution < -0.4 is 0 Å². The Morgan fingerprint density at radius 2 is 1.50 bits per heavy atom. The summed E-state index contributed by atoms with van der Waals surface area (Å²) in [5, 5.41) is 0. The van der Waals surface area contributed by atoms with Crippen LogP contribution in [-0.4, -0.2) is 5.78 Å². The lowest BCUT2D eigenvalue weighted by molar-refractivity contribution is -0.221. The number of carbonyl (C=O) groups excluding carboxylic acids is 1. The van der Waals surface area contributed by atoms with Gasteiger partial charge in [0.1, 0.15) is 5.78 Å². The van der Waals surface area contributed by atoms with E-state index in [0.717, 1.165) is 30.6 Å². The highest BCUT2D eigenvalue weighted by molar-refractivity contribution is 5.86. The third kappa shape index (κ3) is 2.40. The molecule has 0 bridgehead atoms. The molecule has 5 rings (SSSR count). The minimum Gasteiger partial charge on any atom is -0.299 e. The minimum absolute atomic E-state index is 0.108. The average Bonchev–Trinajstić information content (AvgIpc) is 2.72. The smallest absolute Gasteiger partial charge is 0.139 e. The molecule has 4 fully saturated rings. The summed E-state index contributed by atoms with van der Waals surface area (Å²) in [6.07, 6.45) is 14.0. The molecule has 1 nitrogen and oxygen atoms in total. The zero-order valence-electron chi connectivity index (χ0n) is 22.7. The largest absolute Gasteiger partial charge is 0.299 e. The molecule has 0 radical (unpaired) electrons. The van der Waals surface area contributed by atoms with Gasteiger partial charge in [-0.1, -0.05) is 74.0 Å². The topological polar surface area (TPSA) is 17.1 Å². The molecule has 180 valence electrons. The number of hydrogen-bond donors (Lipinski definition) is 0. The Morgan fingerprint density at radius 1 is 0.812 bits per heavy atom. The van der Waals surface area contributed by atoms with Gasteiger partial charge in [0.25, 0.3) is 0 Å². The third-order valence-corrected chi connectivity index (χ3v) is 14.2. The summed E-state index contributed by atoms with van der Waals surface area (Å²) in [5.41, 5.74) is 3.19. The molecule has 9 atom stereocenters. The van der Waals surface area contributed by atoms with Gasteiger partial charge < -0.3 is 0 Å². The number of allylic oxidation sites excluding steroid dienone is 2. The first-order chi connectivity index (χ1) is 14.7. The number of rotatable bonds is 0. The first kappa shape index (κ1) is 23.2. The van der Waals surface area contributed by atoms with Crippen molar-refractivity contribution in [2.75, 3.05) is 0 Å². The van der Waals surface area contributed by atoms with Crippen molar-refractivity contribution in [2.45, 2.75) is 120 Å². The molecule has 5 aliphatic carbocycles. The summed E-state index contributed by atoms with van der Waals surface area (Å²) in [6.45, 7) is 22.7. The van der Waals surface area contributed by atoms with Crippen LogP contribution in [0.2, 0.25) is 0 Å². The maximum Gasteiger partial charge on any atom is 0.139 e. The van der Waals surface area contributed by atoms with Crippen LogP contribution in [-0.2, 0) is 4.79 Å². The molecule has 0 amide bonds. The van der Waals surface area contributed by atoms with Crippen molar-refractivity contribution in [1.82, 2.24) is 0 Å². The van der Waals surface area contributed by atoms with Gasteiger partial charge >= 0.3 is 0 Å². The van der Waals surface area contributed by atoms with E-state index in [4.69, 9.17) is 0 Å². The molecule has 0 N–H and O–H groups in total. The van der Waals surface area contributed by atoms with E-state index in [2.05, 4.69) is 68.4 Å². The summed E-state index contributed by atoms with van der Waals surface area (Å²) >= 11 is 0. The van der Waals surface area contributed by atoms with Crippen molar-refractivity contribution in [3.63, 3.8) is 0 Å². The zero-order chi connectivity index (χ0) is 23.5. The molecule has 0 aliphatic heterocycles. The molecular weight excluding hydrogens is 388 g/mol. The lowest BCUT2D eigenvalue weighted by atomic mass is 9.30. The average molecular weight is 439 g/mol. The molecule has 1 heteroatoms. The standard InChI is InChI=1S/C31H50O/c1-20-12-14-27(5)16-17-28(6)22(25(27)21(20)2)10-11-23-29(28,7)18-19-31(9)26(3,4)24(32)13-15-30(23,31)8/h10,20-21,23,25H,11-19H2,1-9H3. The number of hydrogen-bond acceptors (Lipinski definition) is 1. The van der Waals surface area contributed by atoms with Crippen molar-refractivity contribution in [1.29, 1.82) is 0 Å². The van der Waals surface area contributed by atoms with E-state index in [-0.39, 0.29) is 16.2 Å². The lowest BCUT2D eigenvalue weighted by Gasteiger charge is -2.73. The second kappa shape index (κ2) is 6.54. The van der Waals surface area contributed by atoms with Crippen LogP contribution in [0.1, 0.15) is 120 Å². The van der Waals surface area contributed by atoms with Gasteiger partial charge in [-0.3, -0.25) is 4.79 Å². The maximum atomic E-state index is 13.1. The number of carbonyl (C=O) groups is 1. The van der Waals surface area contributed by atoms with Crippen LogP contribution in [0.25, 0.3) is 0 Å². The molecule has 0 spiro atoms. The highest BCUT2D eigenvalue weighted by atomic mass is 16.1. The lowest BCUT2D eigenvalue weighted by Crippen LogP contribution is -2.67. The summed E-state index contributed by atoms with van der Waals surface area (Å²) in [6, 6.07) is 0. The molecule has 0 saturated heterocycles. The molecule has 0 aromatic rings. The van der Waals surface area contributed by atoms with E-state index in [1.54, 1.807) is 0 Å². The Morgan fingerprint density at radius 3 is 2.19 bits per heavy atom. The van der Waals surface area contributed by atoms with Crippen molar-refractivity contribution in [2.24, 2.45) is 56.2 Å². The maximum absolute atomic E-state index is 13.1. The van der Waals surface area contributed by atoms with Crippen LogP contribution in [0.15, 0.2) is 11.6 Å². The van der Waals surface area contributed by atoms with Gasteiger partial charge in [0, 0.05) is 11.8 Å². The minimum atomic E-state index is -0.204. The van der Waals surface area contributed by atoms with E-state index < -0.39 is 0 Å². The number of Topliss-reactive ketones (excluding diaryl/α,β-unsaturated/α-hetero) is 1. The summed E-state index contributed by atoms with van der Waals surface area (Å²) in [5.74, 6) is 3.62. The predicted molar refractivity (Wildman–Crippen MR) is 134 cm³/mol. The van der Waals surface area contributed by atoms with Crippen LogP contribution in [0.3, 0.4) is 0 Å². The second-order valence-electron chi connectivity index (χ2n) is 15.0. The van der Waals surface area contributed by atoms with Gasteiger partial charge in [0.2, 0.25) is 0 Å². The van der Waals surface area contributed by atoms with E-state index in [9.17, 15) is 4.79 Å². The Hall–Kier alpha value is -0.590. The molecule has 0 aromatic carbocycles. The first-order valence-electron chi connectivity index (χ1n) is 13.9. The third-order valence-electron chi connectivity index (χ3n) is 14.2. The Labute approximate surface area is 198 Å². The van der Waals surface area contributed by atoms with Gasteiger partial charge in [-0.15, -0.1) is 0 Å². The van der Waals surface area contributed by atoms with Crippen molar-refractivity contribution in [3.8, 4) is 0 Å². The first-order valence-corrected chi connectivity index (χ1v) is 13.9. The summed E-state index contributed by atoms with van der Waals surface area (Å²) in [7, 11) is 0. The predicted octanol–water partition coefficient (Wildman–Crippen LogP) is 8.62. The zero-order valence-corrected chi connectivity index (χ0v) is 22.7. The van der Waals surface area contributed by atoms with Gasteiger partial charge in [-0.05, 0) is 102 Å². The SMILES string of the molecule is CC1CCC2(C)CCC3(C)C(=CCC4C3(C)CCC3(C)C(C)(C)C(=O)CCC43C)C2C1C. The monoisotopic (exact) mass is 438 g/mol. The second-order valence-corrected chi connectivity index (χ2v) is 15.0. The molecule has 9 unspecified atom stereocenters. The van der Waals surface area contributed by atoms with Crippen molar-refractivity contribution >= 4 is 5.78 Å². The molecule has 32 heavy (non-hydrogen) atoms. The van der Waals surface area contributed by atoms with Gasteiger partial charge in [0.05, 0.1) is 0 Å². The number of ketones is 1. The Balaban J connectivity index is 1.63. The normalized spacial score (nSPS) is 56.9. The highest BCUT2D eigenvalue weighted by Crippen LogP contribution is 2.78. The van der Waals surface area contributed by atoms with Gasteiger partial charge in [-0.2, -0.15) is 0 Å². The molecule has 5 aliphatic rings. The fourth-order valence-corrected chi connectivity index (χ4v) is 10.8. The van der Waals surface area contributed by atoms with Crippen molar-refractivity contribution in [3.05, 3.63) is 11.6 Å². The molecular formula is C31H50O. The highest BCUT2D eigenvalue weighted by Gasteiger charge is 2.71. The van der Waals surface area contributed by atoms with E-state index in [0.29, 0.717) is 27.9 Å². The summed E-state index contributed by atoms with van der Waals surface area (Å²) in [4.78, 5) is 13.1. The molecule has 0 heterocycles. The van der Waals surface area contributed by atoms with E-state index >= 15 is 0 Å².